The van der Waals surface area contributed by atoms with Crippen LogP contribution in [0.3, 0.4) is 0 Å². The maximum atomic E-state index is 13.1. The zero-order valence-corrected chi connectivity index (χ0v) is 16.7. The molecule has 1 atom stereocenters. The molecule has 3 rings (SSSR count). The van der Waals surface area contributed by atoms with Crippen LogP contribution >= 0.6 is 11.6 Å². The highest BCUT2D eigenvalue weighted by atomic mass is 35.5. The van der Waals surface area contributed by atoms with E-state index in [1.165, 1.54) is 22.9 Å². The number of aryl methyl sites for hydroxylation is 1. The first-order valence-electron chi connectivity index (χ1n) is 9.24. The third-order valence-corrected chi connectivity index (χ3v) is 5.13. The van der Waals surface area contributed by atoms with Gasteiger partial charge < -0.3 is 10.1 Å². The van der Waals surface area contributed by atoms with Gasteiger partial charge in [-0.2, -0.15) is 5.10 Å². The van der Waals surface area contributed by atoms with Crippen LogP contribution in [0.1, 0.15) is 18.2 Å². The molecule has 1 N–H and O–H groups in total. The van der Waals surface area contributed by atoms with E-state index in [-0.39, 0.29) is 17.8 Å². The standard InChI is InChI=1S/C20H24ClFN4O2/c1-14(25-9-11-28-12-10-25)13-23-19(27)8-7-18-15(2)24-26(20(18)21)17-5-3-16(22)4-6-17/h3-8,14H,9-13H2,1-2H3,(H,23,27)/b8-7+. The van der Waals surface area contributed by atoms with Crippen molar-refractivity contribution in [3.63, 3.8) is 0 Å². The average molecular weight is 407 g/mol. The topological polar surface area (TPSA) is 59.4 Å². The largest absolute Gasteiger partial charge is 0.379 e. The molecule has 1 amide bonds. The molecule has 28 heavy (non-hydrogen) atoms. The quantitative estimate of drug-likeness (QED) is 0.749. The Hall–Kier alpha value is -2.22. The summed E-state index contributed by atoms with van der Waals surface area (Å²) in [5.41, 5.74) is 1.99. The van der Waals surface area contributed by atoms with Gasteiger partial charge >= 0.3 is 0 Å². The van der Waals surface area contributed by atoms with E-state index < -0.39 is 0 Å². The van der Waals surface area contributed by atoms with E-state index >= 15 is 0 Å². The lowest BCUT2D eigenvalue weighted by atomic mass is 10.2. The van der Waals surface area contributed by atoms with Crippen LogP contribution in [0.5, 0.6) is 0 Å². The first-order valence-corrected chi connectivity index (χ1v) is 9.62. The molecule has 1 aliphatic heterocycles. The van der Waals surface area contributed by atoms with E-state index in [2.05, 4.69) is 22.2 Å². The molecule has 0 saturated carbocycles. The molecular formula is C20H24ClFN4O2. The minimum Gasteiger partial charge on any atom is -0.379 e. The summed E-state index contributed by atoms with van der Waals surface area (Å²) >= 11 is 6.42. The highest BCUT2D eigenvalue weighted by Gasteiger charge is 2.17. The van der Waals surface area contributed by atoms with Crippen LogP contribution in [0.4, 0.5) is 4.39 Å². The van der Waals surface area contributed by atoms with Crippen LogP contribution < -0.4 is 5.32 Å². The number of ether oxygens (including phenoxy) is 1. The van der Waals surface area contributed by atoms with Crippen LogP contribution in [-0.2, 0) is 9.53 Å². The van der Waals surface area contributed by atoms with Gasteiger partial charge in [-0.15, -0.1) is 0 Å². The van der Waals surface area contributed by atoms with Gasteiger partial charge in [0.1, 0.15) is 11.0 Å². The van der Waals surface area contributed by atoms with Gasteiger partial charge in [0, 0.05) is 37.3 Å². The lowest BCUT2D eigenvalue weighted by molar-refractivity contribution is -0.116. The molecule has 0 bridgehead atoms. The maximum Gasteiger partial charge on any atom is 0.244 e. The van der Waals surface area contributed by atoms with Crippen LogP contribution in [-0.4, -0.2) is 59.5 Å². The molecule has 2 aromatic rings. The van der Waals surface area contributed by atoms with Gasteiger partial charge in [-0.1, -0.05) is 11.6 Å². The summed E-state index contributed by atoms with van der Waals surface area (Å²) < 4.78 is 20.0. The Morgan fingerprint density at radius 1 is 1.36 bits per heavy atom. The minimum atomic E-state index is -0.327. The second-order valence-electron chi connectivity index (χ2n) is 6.75. The van der Waals surface area contributed by atoms with E-state index in [9.17, 15) is 9.18 Å². The van der Waals surface area contributed by atoms with Crippen molar-refractivity contribution >= 4 is 23.6 Å². The summed E-state index contributed by atoms with van der Waals surface area (Å²) in [4.78, 5) is 14.5. The Morgan fingerprint density at radius 3 is 2.71 bits per heavy atom. The normalized spacial score (nSPS) is 16.4. The number of hydrogen-bond donors (Lipinski definition) is 1. The third kappa shape index (κ3) is 4.98. The summed E-state index contributed by atoms with van der Waals surface area (Å²) in [5.74, 6) is -0.517. The number of benzene rings is 1. The van der Waals surface area contributed by atoms with Crippen molar-refractivity contribution in [2.24, 2.45) is 0 Å². The predicted octanol–water partition coefficient (Wildman–Crippen LogP) is 2.82. The molecule has 2 heterocycles. The number of halogens is 2. The number of carbonyl (C=O) groups is 1. The highest BCUT2D eigenvalue weighted by molar-refractivity contribution is 6.31. The van der Waals surface area contributed by atoms with Gasteiger partial charge in [-0.3, -0.25) is 9.69 Å². The summed E-state index contributed by atoms with van der Waals surface area (Å²) in [6, 6.07) is 6.14. The van der Waals surface area contributed by atoms with E-state index in [1.807, 2.05) is 6.92 Å². The number of morpholine rings is 1. The van der Waals surface area contributed by atoms with Crippen molar-refractivity contribution in [3.8, 4) is 5.69 Å². The molecule has 1 saturated heterocycles. The molecule has 1 aliphatic rings. The molecule has 1 fully saturated rings. The lowest BCUT2D eigenvalue weighted by Gasteiger charge is -2.32. The Morgan fingerprint density at radius 2 is 2.04 bits per heavy atom. The van der Waals surface area contributed by atoms with Gasteiger partial charge in [0.05, 0.1) is 24.6 Å². The van der Waals surface area contributed by atoms with Gasteiger partial charge in [-0.05, 0) is 44.2 Å². The number of aromatic nitrogens is 2. The zero-order valence-electron chi connectivity index (χ0n) is 16.0. The van der Waals surface area contributed by atoms with Crippen LogP contribution in [0.25, 0.3) is 11.8 Å². The SMILES string of the molecule is Cc1nn(-c2ccc(F)cc2)c(Cl)c1/C=C/C(=O)NCC(C)N1CCOCC1. The fraction of sp³-hybridized carbons (Fsp3) is 0.400. The monoisotopic (exact) mass is 406 g/mol. The summed E-state index contributed by atoms with van der Waals surface area (Å²) in [6.45, 7) is 7.67. The number of hydrogen-bond acceptors (Lipinski definition) is 4. The van der Waals surface area contributed by atoms with Gasteiger partial charge in [0.15, 0.2) is 0 Å². The molecule has 6 nitrogen and oxygen atoms in total. The smallest absolute Gasteiger partial charge is 0.244 e. The molecule has 0 spiro atoms. The van der Waals surface area contributed by atoms with Crippen molar-refractivity contribution in [2.45, 2.75) is 19.9 Å². The van der Waals surface area contributed by atoms with E-state index in [0.29, 0.717) is 28.6 Å². The lowest BCUT2D eigenvalue weighted by Crippen LogP contribution is -2.47. The van der Waals surface area contributed by atoms with Gasteiger partial charge in [0.25, 0.3) is 0 Å². The molecule has 8 heteroatoms. The van der Waals surface area contributed by atoms with Crippen LogP contribution in [0.15, 0.2) is 30.3 Å². The summed E-state index contributed by atoms with van der Waals surface area (Å²) in [7, 11) is 0. The number of carbonyl (C=O) groups excluding carboxylic acids is 1. The maximum absolute atomic E-state index is 13.1. The van der Waals surface area contributed by atoms with Crippen LogP contribution in [0, 0.1) is 12.7 Å². The van der Waals surface area contributed by atoms with E-state index in [4.69, 9.17) is 16.3 Å². The fourth-order valence-electron chi connectivity index (χ4n) is 3.07. The fourth-order valence-corrected chi connectivity index (χ4v) is 3.40. The van der Waals surface area contributed by atoms with Crippen LogP contribution in [0.2, 0.25) is 5.15 Å². The molecule has 0 aliphatic carbocycles. The molecule has 0 radical (unpaired) electrons. The minimum absolute atomic E-state index is 0.190. The van der Waals surface area contributed by atoms with Gasteiger partial charge in [0.2, 0.25) is 5.91 Å². The summed E-state index contributed by atoms with van der Waals surface area (Å²) in [6.07, 6.45) is 3.11. The zero-order chi connectivity index (χ0) is 20.1. The van der Waals surface area contributed by atoms with Crippen molar-refractivity contribution in [1.29, 1.82) is 0 Å². The second kappa shape index (κ2) is 9.32. The molecular weight excluding hydrogens is 383 g/mol. The highest BCUT2D eigenvalue weighted by Crippen LogP contribution is 2.24. The van der Waals surface area contributed by atoms with E-state index in [1.54, 1.807) is 18.2 Å². The Labute approximate surface area is 168 Å². The number of nitrogens with one attached hydrogen (secondary N) is 1. The Balaban J connectivity index is 1.62. The van der Waals surface area contributed by atoms with Crippen molar-refractivity contribution in [2.75, 3.05) is 32.8 Å². The Kier molecular flexibility index (Phi) is 6.83. The predicted molar refractivity (Wildman–Crippen MR) is 107 cm³/mol. The van der Waals surface area contributed by atoms with E-state index in [0.717, 1.165) is 26.3 Å². The number of nitrogens with zero attached hydrogens (tertiary/aromatic N) is 3. The first kappa shape index (κ1) is 20.5. The second-order valence-corrected chi connectivity index (χ2v) is 7.11. The van der Waals surface area contributed by atoms with Crippen molar-refractivity contribution < 1.29 is 13.9 Å². The molecule has 1 aromatic carbocycles. The molecule has 1 unspecified atom stereocenters. The third-order valence-electron chi connectivity index (χ3n) is 4.76. The van der Waals surface area contributed by atoms with Crippen molar-refractivity contribution in [3.05, 3.63) is 52.6 Å². The van der Waals surface area contributed by atoms with Crippen molar-refractivity contribution in [1.82, 2.24) is 20.0 Å². The van der Waals surface area contributed by atoms with Gasteiger partial charge in [-0.25, -0.2) is 9.07 Å². The molecule has 150 valence electrons. The molecule has 1 aromatic heterocycles. The average Bonchev–Trinajstić information content (AvgIpc) is 2.99. The Bertz CT molecular complexity index is 845. The summed E-state index contributed by atoms with van der Waals surface area (Å²) in [5, 5.41) is 7.67. The number of rotatable bonds is 6. The number of amides is 1. The first-order chi connectivity index (χ1) is 13.5.